The first-order chi connectivity index (χ1) is 43.0. The van der Waals surface area contributed by atoms with Gasteiger partial charge in [0.05, 0.1) is 88.9 Å². The van der Waals surface area contributed by atoms with Crippen molar-refractivity contribution in [2.75, 3.05) is 44.3 Å². The predicted octanol–water partition coefficient (Wildman–Crippen LogP) is 14.7. The molecule has 2 aromatic heterocycles. The molecule has 0 aliphatic carbocycles. The van der Waals surface area contributed by atoms with Crippen LogP contribution in [0.3, 0.4) is 0 Å². The molecule has 0 saturated heterocycles. The number of benzene rings is 10. The smallest absolute Gasteiger partial charge is 0.233 e. The first kappa shape index (κ1) is 60.3. The molecule has 0 radical (unpaired) electrons. The molecule has 2 heterocycles. The summed E-state index contributed by atoms with van der Waals surface area (Å²) in [6.07, 6.45) is 0. The summed E-state index contributed by atoms with van der Waals surface area (Å²) >= 11 is 0. The molecule has 15 nitrogen and oxygen atoms in total. The average molecular weight is 1180 g/mol. The molecule has 89 heavy (non-hydrogen) atoms. The third kappa shape index (κ3) is 13.8. The number of nitrogen functional groups attached to an aromatic ring is 4. The van der Waals surface area contributed by atoms with Crippen molar-refractivity contribution < 1.29 is 33.4 Å². The number of fused-ring (bicyclic) bond motifs is 2. The number of aromatic nitrogens is 4. The number of hydrogen-bond acceptors (Lipinski definition) is 15. The van der Waals surface area contributed by atoms with Crippen LogP contribution < -0.4 is 37.1 Å². The summed E-state index contributed by atoms with van der Waals surface area (Å²) in [5.41, 5.74) is 41.7. The topological polar surface area (TPSA) is 252 Å². The van der Waals surface area contributed by atoms with Gasteiger partial charge in [-0.25, -0.2) is 19.9 Å². The predicted molar refractivity (Wildman–Crippen MR) is 354 cm³/mol. The maximum absolute atomic E-state index is 12.4. The Morgan fingerprint density at radius 3 is 0.820 bits per heavy atom. The lowest BCUT2D eigenvalue weighted by molar-refractivity contribution is 0.0814. The quantitative estimate of drug-likeness (QED) is 0.0449. The number of rotatable bonds is 14. The van der Waals surface area contributed by atoms with Gasteiger partial charge in [0.15, 0.2) is 0 Å². The van der Waals surface area contributed by atoms with Gasteiger partial charge in [-0.05, 0) is 164 Å². The summed E-state index contributed by atoms with van der Waals surface area (Å²) in [4.78, 5) is 70.0. The highest BCUT2D eigenvalue weighted by atomic mass is 16.5. The fraction of sp³-hybridized carbons (Fsp3) is 0.0811. The van der Waals surface area contributed by atoms with Crippen LogP contribution in [-0.4, -0.2) is 64.4 Å². The Balaban J connectivity index is 0.000000166. The fourth-order valence-corrected chi connectivity index (χ4v) is 9.67. The first-order valence-corrected chi connectivity index (χ1v) is 28.2. The lowest BCUT2D eigenvalue weighted by Crippen LogP contribution is -2.16. The lowest BCUT2D eigenvalue weighted by Gasteiger charge is -2.14. The normalized spacial score (nSPS) is 10.7. The van der Waals surface area contributed by atoms with Crippen LogP contribution >= 0.6 is 0 Å². The summed E-state index contributed by atoms with van der Waals surface area (Å²) in [7, 11) is 4.84. The number of Topliss-reactive ketones (excluding diaryl/α,β-unsaturated/α-hetero) is 4. The van der Waals surface area contributed by atoms with Crippen LogP contribution in [0.2, 0.25) is 0 Å². The van der Waals surface area contributed by atoms with Crippen LogP contribution in [-0.2, 0) is 0 Å². The molecule has 0 aliphatic heterocycles. The molecule has 10 aromatic carbocycles. The summed E-state index contributed by atoms with van der Waals surface area (Å²) in [6.45, 7) is 6.02. The average Bonchev–Trinajstić information content (AvgIpc) is 1.33. The summed E-state index contributed by atoms with van der Waals surface area (Å²) in [5.74, 6) is -0.489. The highest BCUT2D eigenvalue weighted by Gasteiger charge is 2.23. The van der Waals surface area contributed by atoms with Gasteiger partial charge in [-0.2, -0.15) is 0 Å². The zero-order valence-electron chi connectivity index (χ0n) is 49.7. The second-order valence-corrected chi connectivity index (χ2v) is 21.0. The van der Waals surface area contributed by atoms with Crippen LogP contribution in [0.15, 0.2) is 218 Å². The van der Waals surface area contributed by atoms with Gasteiger partial charge in [0.1, 0.15) is 17.2 Å². The Bertz CT molecular complexity index is 4410. The molecule has 0 fully saturated rings. The molecular formula is C74H62N8O7. The SMILES string of the molecule is COc1ccc(-c2nc3cc(C)ccc3nc2-c2ccc(-c3nc4ccc(C)cc4nc3-c3ccc(OC)cc3)cc2)cc1.COc1ccc(C(=O)C(=O)c2ccc(C(=O)C(=O)c3ccc(C)cc3)cc2)cc1.Nc1ccc(-c2ccc(N)c(N)c2)cc1N. The number of nitrogens with zero attached hydrogens (tertiary/aromatic N) is 4. The van der Waals surface area contributed by atoms with E-state index in [9.17, 15) is 19.2 Å². The number of carbonyl (C=O) groups is 4. The van der Waals surface area contributed by atoms with Crippen molar-refractivity contribution >= 4 is 67.9 Å². The Labute approximate surface area is 514 Å². The van der Waals surface area contributed by atoms with Gasteiger partial charge < -0.3 is 37.1 Å². The van der Waals surface area contributed by atoms with Crippen molar-refractivity contribution in [2.24, 2.45) is 0 Å². The monoisotopic (exact) mass is 1170 g/mol. The number of hydrogen-bond donors (Lipinski definition) is 4. The number of ether oxygens (including phenoxy) is 3. The van der Waals surface area contributed by atoms with Gasteiger partial charge in [-0.3, -0.25) is 19.2 Å². The maximum Gasteiger partial charge on any atom is 0.233 e. The molecule has 0 saturated carbocycles. The van der Waals surface area contributed by atoms with Gasteiger partial charge in [-0.15, -0.1) is 0 Å². The molecule has 0 spiro atoms. The Kier molecular flexibility index (Phi) is 18.0. The van der Waals surface area contributed by atoms with Crippen LogP contribution in [0.5, 0.6) is 17.2 Å². The van der Waals surface area contributed by atoms with Gasteiger partial charge in [-0.1, -0.05) is 103 Å². The number of aryl methyl sites for hydroxylation is 3. The van der Waals surface area contributed by atoms with Gasteiger partial charge >= 0.3 is 0 Å². The third-order valence-corrected chi connectivity index (χ3v) is 14.8. The van der Waals surface area contributed by atoms with E-state index in [-0.39, 0.29) is 16.7 Å². The minimum atomic E-state index is -0.695. The second-order valence-electron chi connectivity index (χ2n) is 21.0. The molecule has 12 rings (SSSR count). The molecule has 0 unspecified atom stereocenters. The molecule has 12 aromatic rings. The fourth-order valence-electron chi connectivity index (χ4n) is 9.67. The third-order valence-electron chi connectivity index (χ3n) is 14.8. The number of ketones is 4. The summed E-state index contributed by atoms with van der Waals surface area (Å²) in [5, 5.41) is 0. The standard InChI is InChI=1S/C38H30N4O2.C24H18O5.C12H14N4/c1-23-5-19-31-33(21-23)41-37(27-11-15-29(43-3)16-12-27)35(39-31)25-7-9-26(10-8-25)36-38(28-13-17-30(44-4)18-14-28)42-34-22-24(2)6-20-32(34)40-36;1-15-3-5-16(6-4-15)21(25)22(26)17-7-9-18(10-8-17)23(27)24(28)19-11-13-20(29-2)14-12-19;13-9-3-1-7(5-11(9)15)8-2-4-10(14)12(16)6-8/h5-22H,1-4H3;3-14H,1-2H3;1-6H,13-16H2. The van der Waals surface area contributed by atoms with E-state index < -0.39 is 23.1 Å². The van der Waals surface area contributed by atoms with E-state index in [2.05, 4.69) is 62.4 Å². The largest absolute Gasteiger partial charge is 0.497 e. The van der Waals surface area contributed by atoms with E-state index in [1.165, 1.54) is 43.5 Å². The Hall–Kier alpha value is -11.8. The highest BCUT2D eigenvalue weighted by molar-refractivity contribution is 6.50. The van der Waals surface area contributed by atoms with Crippen molar-refractivity contribution in [1.82, 2.24) is 19.9 Å². The van der Waals surface area contributed by atoms with Crippen LogP contribution in [0, 0.1) is 20.8 Å². The van der Waals surface area contributed by atoms with Crippen molar-refractivity contribution in [2.45, 2.75) is 20.8 Å². The molecule has 0 aliphatic rings. The van der Waals surface area contributed by atoms with E-state index in [0.717, 1.165) is 106 Å². The number of carbonyl (C=O) groups excluding carboxylic acids is 4. The molecule has 15 heteroatoms. The lowest BCUT2D eigenvalue weighted by atomic mass is 9.97. The molecule has 440 valence electrons. The Morgan fingerprint density at radius 1 is 0.270 bits per heavy atom. The van der Waals surface area contributed by atoms with E-state index in [1.54, 1.807) is 62.8 Å². The van der Waals surface area contributed by atoms with E-state index in [0.29, 0.717) is 34.1 Å². The summed E-state index contributed by atoms with van der Waals surface area (Å²) in [6, 6.07) is 66.0. The van der Waals surface area contributed by atoms with E-state index in [1.807, 2.05) is 91.9 Å². The van der Waals surface area contributed by atoms with Crippen LogP contribution in [0.25, 0.3) is 78.2 Å². The minimum Gasteiger partial charge on any atom is -0.497 e. The number of methoxy groups -OCH3 is 3. The maximum atomic E-state index is 12.4. The highest BCUT2D eigenvalue weighted by Crippen LogP contribution is 2.37. The molecular weight excluding hydrogens is 1110 g/mol. The van der Waals surface area contributed by atoms with Gasteiger partial charge in [0.25, 0.3) is 0 Å². The molecule has 0 amide bonds. The minimum absolute atomic E-state index is 0.144. The van der Waals surface area contributed by atoms with Crippen molar-refractivity contribution in [1.29, 1.82) is 0 Å². The van der Waals surface area contributed by atoms with E-state index in [4.69, 9.17) is 57.1 Å². The van der Waals surface area contributed by atoms with E-state index >= 15 is 0 Å². The molecule has 8 N–H and O–H groups in total. The number of anilines is 4. The van der Waals surface area contributed by atoms with Gasteiger partial charge in [0, 0.05) is 44.5 Å². The number of nitrogens with two attached hydrogens (primary N) is 4. The van der Waals surface area contributed by atoms with Crippen LogP contribution in [0.1, 0.15) is 58.1 Å². The zero-order valence-corrected chi connectivity index (χ0v) is 49.7. The molecule has 0 bridgehead atoms. The first-order valence-electron chi connectivity index (χ1n) is 28.2. The molecule has 0 atom stereocenters. The van der Waals surface area contributed by atoms with Crippen molar-refractivity contribution in [3.63, 3.8) is 0 Å². The second kappa shape index (κ2) is 26.6. The van der Waals surface area contributed by atoms with Crippen molar-refractivity contribution in [3.8, 4) is 73.4 Å². The Morgan fingerprint density at radius 2 is 0.517 bits per heavy atom. The van der Waals surface area contributed by atoms with Crippen molar-refractivity contribution in [3.05, 3.63) is 257 Å². The van der Waals surface area contributed by atoms with Gasteiger partial charge in [0.2, 0.25) is 23.1 Å². The summed E-state index contributed by atoms with van der Waals surface area (Å²) < 4.78 is 15.8. The van der Waals surface area contributed by atoms with Crippen LogP contribution in [0.4, 0.5) is 22.7 Å². The zero-order chi connectivity index (χ0) is 62.9.